The van der Waals surface area contributed by atoms with Crippen LogP contribution in [0.2, 0.25) is 0 Å². The molecule has 2 unspecified atom stereocenters. The number of benzene rings is 3. The van der Waals surface area contributed by atoms with E-state index in [1.54, 1.807) is 12.1 Å². The van der Waals surface area contributed by atoms with Gasteiger partial charge >= 0.3 is 69.4 Å². The van der Waals surface area contributed by atoms with E-state index in [1.165, 1.54) is 12.1 Å². The van der Waals surface area contributed by atoms with Gasteiger partial charge in [0.15, 0.2) is 5.43 Å². The number of fused-ring (bicyclic) bond motifs is 2. The minimum absolute atomic E-state index is 0. The molecular formula is C40H46Co2N4O15+4. The maximum Gasteiger partial charge on any atom is 2.00 e. The number of nitrogens with zero attached hydrogens (tertiary/aromatic N) is 2. The molecule has 0 amide bonds. The summed E-state index contributed by atoms with van der Waals surface area (Å²) in [5.41, 5.74) is 3.42. The molecule has 2 radical (unpaired) electrons. The Morgan fingerprint density at radius 1 is 0.639 bits per heavy atom. The van der Waals surface area contributed by atoms with E-state index in [0.29, 0.717) is 22.1 Å². The van der Waals surface area contributed by atoms with Gasteiger partial charge in [0.05, 0.1) is 37.3 Å². The first kappa shape index (κ1) is 51.7. The molecule has 0 saturated carbocycles. The molecule has 0 spiro atoms. The monoisotopic (exact) mass is 940 g/mol. The Balaban J connectivity index is 0.00000641. The molecule has 0 bridgehead atoms. The first-order valence-corrected chi connectivity index (χ1v) is 18.5. The van der Waals surface area contributed by atoms with Gasteiger partial charge in [0.1, 0.15) is 29.2 Å². The van der Waals surface area contributed by atoms with Crippen molar-refractivity contribution >= 4 is 46.8 Å². The Morgan fingerprint density at radius 2 is 1.11 bits per heavy atom. The van der Waals surface area contributed by atoms with Gasteiger partial charge in [0, 0.05) is 29.6 Å². The van der Waals surface area contributed by atoms with E-state index >= 15 is 0 Å². The number of aliphatic carboxylic acids is 6. The SMILES string of the molecule is Cc1ccccc1-c1c2ccc(=O)c(CNCCCC(C(=O)O)N(CC(=O)O)CC(=O)O)c-2oc2c(CNCCCC(C(=O)O)N(CC(=O)O)CC(=O)O)c(O)ccc12.[Co+2].[Co+2]. The molecule has 1 aliphatic heterocycles. The largest absolute Gasteiger partial charge is 2.00 e. The number of aryl methyl sites for hydroxylation is 1. The molecule has 2 aromatic rings. The molecule has 0 aromatic heterocycles. The molecular weight excluding hydrogens is 894 g/mol. The molecule has 9 N–H and O–H groups in total. The average Bonchev–Trinajstić information content (AvgIpc) is 3.14. The molecule has 2 atom stereocenters. The van der Waals surface area contributed by atoms with Crippen LogP contribution in [0.5, 0.6) is 5.75 Å². The number of hydrogen-bond acceptors (Lipinski definition) is 13. The van der Waals surface area contributed by atoms with Gasteiger partial charge in [-0.25, -0.2) is 0 Å². The van der Waals surface area contributed by atoms with Crippen LogP contribution in [0.25, 0.3) is 33.4 Å². The molecule has 2 aromatic carbocycles. The summed E-state index contributed by atoms with van der Waals surface area (Å²) in [6.45, 7) is -0.912. The Labute approximate surface area is 369 Å². The third-order valence-electron chi connectivity index (χ3n) is 9.68. The molecule has 1 aliphatic carbocycles. The standard InChI is InChI=1S/C40H46N4O15.2Co/c1-22-6-2-3-7-23(22)36-24-10-12-30(45)26(16-41-14-4-8-28(39(55)56)43(18-32(47)48)19-33(49)50)37(24)59-38-25(36)11-13-31(46)27(38)17-42-15-5-9-29(40(57)58)44(20-34(51)52)21-35(53)54;;/h2-3,6-7,10-13,28-29,41-42,45H,4-5,8-9,14-21H2,1H3,(H,47,48)(H,49,50)(H,51,52)(H,53,54)(H,55,56)(H,57,58);;/q;2*+2. The van der Waals surface area contributed by atoms with Crippen LogP contribution in [0.1, 0.15) is 42.4 Å². The van der Waals surface area contributed by atoms with Gasteiger partial charge in [-0.15, -0.1) is 0 Å². The van der Waals surface area contributed by atoms with Crippen molar-refractivity contribution in [2.24, 2.45) is 0 Å². The molecule has 2 aliphatic rings. The minimum atomic E-state index is -1.39. The molecule has 61 heavy (non-hydrogen) atoms. The van der Waals surface area contributed by atoms with Gasteiger partial charge in [0.25, 0.3) is 0 Å². The van der Waals surface area contributed by atoms with E-state index in [-0.39, 0.29) is 114 Å². The van der Waals surface area contributed by atoms with Gasteiger partial charge in [-0.05, 0) is 81.1 Å². The molecule has 1 heterocycles. The van der Waals surface area contributed by atoms with Gasteiger partial charge < -0.3 is 50.8 Å². The van der Waals surface area contributed by atoms with Crippen molar-refractivity contribution < 1.29 is 102 Å². The summed E-state index contributed by atoms with van der Waals surface area (Å²) in [7, 11) is 0. The molecule has 19 nitrogen and oxygen atoms in total. The second kappa shape index (κ2) is 24.1. The van der Waals surface area contributed by atoms with E-state index in [0.717, 1.165) is 20.9 Å². The summed E-state index contributed by atoms with van der Waals surface area (Å²) < 4.78 is 6.51. The molecule has 4 rings (SSSR count). The number of rotatable bonds is 25. The fourth-order valence-electron chi connectivity index (χ4n) is 7.02. The van der Waals surface area contributed by atoms with Crippen molar-refractivity contribution in [3.63, 3.8) is 0 Å². The van der Waals surface area contributed by atoms with Crippen LogP contribution in [-0.4, -0.2) is 133 Å². The van der Waals surface area contributed by atoms with E-state index in [9.17, 15) is 69.3 Å². The zero-order valence-corrected chi connectivity index (χ0v) is 34.8. The van der Waals surface area contributed by atoms with Crippen molar-refractivity contribution in [3.05, 3.63) is 75.4 Å². The van der Waals surface area contributed by atoms with Crippen LogP contribution in [-0.2, 0) is 75.4 Å². The average molecular weight is 941 g/mol. The number of phenolic OH excluding ortho intramolecular Hbond substituents is 1. The number of hydrogen-bond donors (Lipinski definition) is 9. The number of phenols is 1. The predicted molar refractivity (Wildman–Crippen MR) is 209 cm³/mol. The van der Waals surface area contributed by atoms with Crippen LogP contribution >= 0.6 is 0 Å². The van der Waals surface area contributed by atoms with E-state index in [2.05, 4.69) is 10.6 Å². The third kappa shape index (κ3) is 14.1. The molecule has 0 fully saturated rings. The Hall–Kier alpha value is -5.40. The smallest absolute Gasteiger partial charge is 0.507 e. The summed E-state index contributed by atoms with van der Waals surface area (Å²) in [6, 6.07) is 11.0. The fourth-order valence-corrected chi connectivity index (χ4v) is 7.02. The summed E-state index contributed by atoms with van der Waals surface area (Å²) in [5.74, 6) is -8.21. The van der Waals surface area contributed by atoms with Crippen LogP contribution in [0.15, 0.2) is 57.7 Å². The Morgan fingerprint density at radius 3 is 1.57 bits per heavy atom. The maximum atomic E-state index is 13.4. The van der Waals surface area contributed by atoms with Crippen LogP contribution in [0.3, 0.4) is 0 Å². The second-order valence-electron chi connectivity index (χ2n) is 13.9. The van der Waals surface area contributed by atoms with Crippen molar-refractivity contribution in [1.82, 2.24) is 20.4 Å². The summed E-state index contributed by atoms with van der Waals surface area (Å²) in [6.07, 6.45) is 0.185. The summed E-state index contributed by atoms with van der Waals surface area (Å²) >= 11 is 0. The molecule has 0 saturated heterocycles. The predicted octanol–water partition coefficient (Wildman–Crippen LogP) is 2.16. The number of nitrogens with one attached hydrogen (secondary N) is 2. The van der Waals surface area contributed by atoms with Crippen LogP contribution < -0.4 is 16.1 Å². The number of carboxylic acid groups (broad SMARTS) is 6. The van der Waals surface area contributed by atoms with Crippen molar-refractivity contribution in [1.29, 1.82) is 0 Å². The number of aromatic hydroxyl groups is 1. The zero-order chi connectivity index (χ0) is 43.4. The third-order valence-corrected chi connectivity index (χ3v) is 9.68. The van der Waals surface area contributed by atoms with Crippen LogP contribution in [0.4, 0.5) is 0 Å². The van der Waals surface area contributed by atoms with E-state index in [1.807, 2.05) is 31.2 Å². The second-order valence-corrected chi connectivity index (χ2v) is 13.9. The number of carboxylic acids is 6. The Bertz CT molecular complexity index is 2200. The van der Waals surface area contributed by atoms with Crippen LogP contribution in [0, 0.1) is 6.92 Å². The van der Waals surface area contributed by atoms with E-state index < -0.39 is 74.1 Å². The quantitative estimate of drug-likeness (QED) is 0.0340. The van der Waals surface area contributed by atoms with Crippen molar-refractivity contribution in [2.75, 3.05) is 39.3 Å². The summed E-state index contributed by atoms with van der Waals surface area (Å²) in [5, 5.41) is 74.2. The summed E-state index contributed by atoms with van der Waals surface area (Å²) in [4.78, 5) is 84.3. The minimum Gasteiger partial charge on any atom is -0.507 e. The normalized spacial score (nSPS) is 12.1. The fraction of sp³-hybridized carbons (Fsp3) is 0.375. The molecule has 330 valence electrons. The van der Waals surface area contributed by atoms with Gasteiger partial charge in [-0.1, -0.05) is 24.3 Å². The molecule has 21 heteroatoms. The first-order chi connectivity index (χ1) is 28.0. The zero-order valence-electron chi connectivity index (χ0n) is 32.7. The van der Waals surface area contributed by atoms with Gasteiger partial charge in [0.2, 0.25) is 0 Å². The first-order valence-electron chi connectivity index (χ1n) is 18.5. The van der Waals surface area contributed by atoms with E-state index in [4.69, 9.17) is 4.42 Å². The maximum absolute atomic E-state index is 13.4. The Kier molecular flexibility index (Phi) is 20.5. The van der Waals surface area contributed by atoms with Gasteiger partial charge in [-0.2, -0.15) is 0 Å². The number of carbonyl (C=O) groups is 6. The van der Waals surface area contributed by atoms with Gasteiger partial charge in [-0.3, -0.25) is 43.4 Å². The van der Waals surface area contributed by atoms with Crippen molar-refractivity contribution in [3.8, 4) is 28.2 Å². The topological polar surface area (TPSA) is 305 Å². The van der Waals surface area contributed by atoms with Crippen molar-refractivity contribution in [2.45, 2.75) is 57.8 Å².